The number of phosphoric ester groups is 1. The number of rotatable bonds is 8. The van der Waals surface area contributed by atoms with Crippen LogP contribution < -0.4 is 80.2 Å². The molecule has 0 bridgehead atoms. The predicted molar refractivity (Wildman–Crippen MR) is 93.9 cm³/mol. The zero-order valence-corrected chi connectivity index (χ0v) is 23.9. The number of aromatic amines is 1. The molecular weight excluding hydrogens is 553 g/mol. The number of aliphatic hydroxyl groups excluding tert-OH is 2. The molecule has 3 unspecified atom stereocenters. The predicted octanol–water partition coefficient (Wildman–Crippen LogP) is -9.59. The Kier molecular flexibility index (Phi) is 11.3. The Hall–Kier alpha value is 0.440. The fraction of sp³-hybridized carbons (Fsp3) is 0.500. The molecule has 1 aliphatic heterocycles. The zero-order chi connectivity index (χ0) is 24.1. The van der Waals surface area contributed by atoms with E-state index in [2.05, 4.69) is 28.1 Å². The summed E-state index contributed by atoms with van der Waals surface area (Å²) in [7, 11) is -17.5. The molecule has 0 aromatic carbocycles. The van der Waals surface area contributed by atoms with Crippen LogP contribution >= 0.6 is 23.5 Å². The summed E-state index contributed by atoms with van der Waals surface area (Å²) in [6.45, 7) is -1.09. The maximum atomic E-state index is 11.8. The molecule has 180 valence electrons. The van der Waals surface area contributed by atoms with Crippen molar-refractivity contribution in [3.63, 3.8) is 0 Å². The second kappa shape index (κ2) is 11.9. The molecule has 3 rings (SSSR count). The summed E-state index contributed by atoms with van der Waals surface area (Å²) in [5, 5.41) is 20.4. The van der Waals surface area contributed by atoms with Crippen molar-refractivity contribution in [3.05, 3.63) is 16.7 Å². The second-order valence-corrected chi connectivity index (χ2v) is 10.5. The third-order valence-electron chi connectivity index (χ3n) is 3.87. The molecule has 0 radical (unpaired) electrons. The summed E-state index contributed by atoms with van der Waals surface area (Å²) in [5.74, 6) is -0.289. The van der Waals surface area contributed by atoms with Gasteiger partial charge in [-0.3, -0.25) is 23.5 Å². The molecule has 1 saturated heterocycles. The van der Waals surface area contributed by atoms with Crippen molar-refractivity contribution in [2.75, 3.05) is 12.3 Å². The first kappa shape index (κ1) is 32.5. The summed E-state index contributed by atoms with van der Waals surface area (Å²) < 4.78 is 50.8. The molecule has 3 heterocycles. The maximum Gasteiger partial charge on any atom is 1.00 e. The first-order valence-electron chi connectivity index (χ1n) is 8.07. The Morgan fingerprint density at radius 1 is 1.18 bits per heavy atom. The summed E-state index contributed by atoms with van der Waals surface area (Å²) in [4.78, 5) is 61.2. The smallest absolute Gasteiger partial charge is 0.756 e. The van der Waals surface area contributed by atoms with Gasteiger partial charge in [0.05, 0.1) is 12.9 Å². The second-order valence-electron chi connectivity index (χ2n) is 6.16. The maximum absolute atomic E-state index is 11.8. The first-order valence-corrected chi connectivity index (χ1v) is 12.5. The number of nitrogens with one attached hydrogen (secondary N) is 1. The van der Waals surface area contributed by atoms with Crippen LogP contribution in [0.25, 0.3) is 11.2 Å². The normalized spacial score (nSPS) is 27.7. The van der Waals surface area contributed by atoms with Gasteiger partial charge in [0.1, 0.15) is 18.3 Å². The molecule has 1 fully saturated rings. The fourth-order valence-corrected chi connectivity index (χ4v) is 5.65. The number of ether oxygens (including phenoxy) is 1. The number of nitrogen functional groups attached to an aromatic ring is 1. The SMILES string of the molecule is Nc1nc2c(ncn2[C@@H]2O[C@@H](COP(=O)([O-])OP(=O)(O)OP(=O)([O-])O)[C@@H](O)[C@H]2O)c(=O)[nH]1.[Na+].[Na+]. The van der Waals surface area contributed by atoms with E-state index in [1.807, 2.05) is 0 Å². The fourth-order valence-electron chi connectivity index (χ4n) is 2.69. The van der Waals surface area contributed by atoms with Crippen molar-refractivity contribution in [2.45, 2.75) is 24.5 Å². The van der Waals surface area contributed by atoms with E-state index >= 15 is 0 Å². The largest absolute Gasteiger partial charge is 1.00 e. The van der Waals surface area contributed by atoms with Gasteiger partial charge in [-0.15, -0.1) is 0 Å². The van der Waals surface area contributed by atoms with Crippen LogP contribution in [0.3, 0.4) is 0 Å². The number of anilines is 1. The van der Waals surface area contributed by atoms with Crippen molar-refractivity contribution in [3.8, 4) is 0 Å². The van der Waals surface area contributed by atoms with Gasteiger partial charge in [-0.2, -0.15) is 4.98 Å². The topological polar surface area (TPSA) is 305 Å². The Morgan fingerprint density at radius 3 is 2.38 bits per heavy atom. The molecule has 0 aliphatic carbocycles. The molecule has 2 aromatic rings. The molecule has 0 saturated carbocycles. The third-order valence-corrected chi connectivity index (χ3v) is 7.61. The molecule has 1 aliphatic rings. The number of fused-ring (bicyclic) bond motifs is 1. The van der Waals surface area contributed by atoms with Crippen LogP contribution in [-0.4, -0.2) is 64.4 Å². The molecular formula is C10H14N5Na2O14P3. The Morgan fingerprint density at radius 2 is 1.79 bits per heavy atom. The number of H-pyrrole nitrogens is 1. The van der Waals surface area contributed by atoms with Crippen LogP contribution in [0.5, 0.6) is 0 Å². The summed E-state index contributed by atoms with van der Waals surface area (Å²) in [6.07, 6.45) is -5.50. The first-order chi connectivity index (χ1) is 14.6. The van der Waals surface area contributed by atoms with Crippen LogP contribution in [0.15, 0.2) is 11.1 Å². The van der Waals surface area contributed by atoms with Crippen LogP contribution in [0, 0.1) is 0 Å². The number of aromatic nitrogens is 4. The van der Waals surface area contributed by atoms with E-state index in [9.17, 15) is 38.5 Å². The van der Waals surface area contributed by atoms with E-state index in [1.54, 1.807) is 0 Å². The molecule has 19 nitrogen and oxygen atoms in total. The van der Waals surface area contributed by atoms with Crippen LogP contribution in [0.2, 0.25) is 0 Å². The minimum atomic E-state index is -5.86. The van der Waals surface area contributed by atoms with Gasteiger partial charge in [-0.1, -0.05) is 0 Å². The number of aliphatic hydroxyl groups is 2. The number of nitrogens with zero attached hydrogens (tertiary/aromatic N) is 3. The monoisotopic (exact) mass is 567 g/mol. The van der Waals surface area contributed by atoms with E-state index in [-0.39, 0.29) is 76.2 Å². The Labute approximate surface area is 232 Å². The molecule has 24 heteroatoms. The van der Waals surface area contributed by atoms with Gasteiger partial charge in [0.25, 0.3) is 21.2 Å². The van der Waals surface area contributed by atoms with Crippen molar-refractivity contribution < 1.29 is 120 Å². The van der Waals surface area contributed by atoms with Crippen molar-refractivity contribution in [1.82, 2.24) is 19.5 Å². The molecule has 0 amide bonds. The van der Waals surface area contributed by atoms with Crippen molar-refractivity contribution in [1.29, 1.82) is 0 Å². The molecule has 7 atom stereocenters. The van der Waals surface area contributed by atoms with Crippen LogP contribution in [0.1, 0.15) is 6.23 Å². The summed E-state index contributed by atoms with van der Waals surface area (Å²) in [6, 6.07) is 0. The van der Waals surface area contributed by atoms with Gasteiger partial charge in [0.15, 0.2) is 17.4 Å². The molecule has 0 spiro atoms. The van der Waals surface area contributed by atoms with Crippen molar-refractivity contribution >= 4 is 40.6 Å². The number of imidazole rings is 1. The molecule has 7 N–H and O–H groups in total. The molecule has 34 heavy (non-hydrogen) atoms. The Bertz CT molecular complexity index is 1220. The van der Waals surface area contributed by atoms with E-state index in [4.69, 9.17) is 20.3 Å². The number of nitrogens with two attached hydrogens (primary N) is 1. The van der Waals surface area contributed by atoms with E-state index in [0.717, 1.165) is 10.9 Å². The van der Waals surface area contributed by atoms with Crippen LogP contribution in [0.4, 0.5) is 5.95 Å². The Balaban J connectivity index is 0.00000289. The van der Waals surface area contributed by atoms with Crippen molar-refractivity contribution in [2.24, 2.45) is 0 Å². The average Bonchev–Trinajstić information content (AvgIpc) is 3.12. The minimum Gasteiger partial charge on any atom is -0.756 e. The quantitative estimate of drug-likeness (QED) is 0.127. The number of hydrogen-bond donors (Lipinski definition) is 6. The zero-order valence-electron chi connectivity index (χ0n) is 17.2. The van der Waals surface area contributed by atoms with Gasteiger partial charge in [-0.25, -0.2) is 18.2 Å². The minimum absolute atomic E-state index is 0. The van der Waals surface area contributed by atoms with Gasteiger partial charge < -0.3 is 44.8 Å². The average molecular weight is 567 g/mol. The third kappa shape index (κ3) is 7.97. The van der Waals surface area contributed by atoms with Gasteiger partial charge in [0.2, 0.25) is 5.95 Å². The standard InChI is InChI=1S/C10H16N5O14P3.2Na/c11-10-13-7-4(8(18)14-10)12-2-15(7)9-6(17)5(16)3(27-9)1-26-31(22,23)29-32(24,25)28-30(19,20)21;;/h2-3,5-6,9,16-17H,1H2,(H,22,23)(H,24,25)(H2,19,20,21)(H3,11,13,14,18);;/q;2*+1/p-2/t3-,5+,6+,9+;;/m0../s1. The van der Waals surface area contributed by atoms with E-state index < -0.39 is 60.2 Å². The van der Waals surface area contributed by atoms with Gasteiger partial charge >= 0.3 is 66.9 Å². The van der Waals surface area contributed by atoms with Crippen LogP contribution in [-0.2, 0) is 31.6 Å². The van der Waals surface area contributed by atoms with E-state index in [1.165, 1.54) is 0 Å². The van der Waals surface area contributed by atoms with E-state index in [0.29, 0.717) is 0 Å². The number of phosphoric acid groups is 3. The van der Waals surface area contributed by atoms with Gasteiger partial charge in [0, 0.05) is 0 Å². The summed E-state index contributed by atoms with van der Waals surface area (Å²) >= 11 is 0. The van der Waals surface area contributed by atoms with Gasteiger partial charge in [-0.05, 0) is 0 Å². The molecule has 2 aromatic heterocycles. The number of hydrogen-bond acceptors (Lipinski definition) is 15. The summed E-state index contributed by atoms with van der Waals surface area (Å²) in [5.41, 5.74) is 4.44.